The highest BCUT2D eigenvalue weighted by Gasteiger charge is 2.04. The topological polar surface area (TPSA) is 18.5 Å². The highest BCUT2D eigenvalue weighted by Crippen LogP contribution is 2.16. The maximum atomic E-state index is 6.28. The van der Waals surface area contributed by atoms with Crippen molar-refractivity contribution in [2.45, 2.75) is 114 Å². The minimum absolute atomic E-state index is 0.371. The first-order valence-corrected chi connectivity index (χ1v) is 12.0. The number of hydrogen-bond acceptors (Lipinski definition) is 2. The third-order valence-corrected chi connectivity index (χ3v) is 5.60. The first-order chi connectivity index (χ1) is 12.7. The van der Waals surface area contributed by atoms with Gasteiger partial charge in [-0.25, -0.2) is 0 Å². The van der Waals surface area contributed by atoms with Gasteiger partial charge in [-0.3, -0.25) is 0 Å². The molecule has 0 aromatic carbocycles. The average molecular weight is 411 g/mol. The van der Waals surface area contributed by atoms with Crippen LogP contribution in [0.3, 0.4) is 0 Å². The lowest BCUT2D eigenvalue weighted by Crippen LogP contribution is -2.06. The molecule has 0 amide bonds. The normalized spacial score (nSPS) is 13.8. The summed E-state index contributed by atoms with van der Waals surface area (Å²) in [5, 5.41) is 0.742. The molecular weight excluding hydrogens is 367 g/mol. The van der Waals surface area contributed by atoms with Crippen LogP contribution in [0.1, 0.15) is 104 Å². The Morgan fingerprint density at radius 2 is 0.885 bits per heavy atom. The minimum Gasteiger partial charge on any atom is -0.379 e. The van der Waals surface area contributed by atoms with Crippen molar-refractivity contribution in [1.82, 2.24) is 0 Å². The van der Waals surface area contributed by atoms with Gasteiger partial charge in [0.05, 0.1) is 13.2 Å². The van der Waals surface area contributed by atoms with Crippen LogP contribution in [-0.2, 0) is 9.47 Å². The molecule has 0 spiro atoms. The predicted octanol–water partition coefficient (Wildman–Crippen LogP) is 7.74. The molecule has 158 valence electrons. The lowest BCUT2D eigenvalue weighted by atomic mass is 10.1. The van der Waals surface area contributed by atoms with E-state index in [1.807, 2.05) is 0 Å². The molecule has 0 fully saturated rings. The molecule has 0 heterocycles. The van der Waals surface area contributed by atoms with Gasteiger partial charge in [0.1, 0.15) is 0 Å². The molecule has 26 heavy (non-hydrogen) atoms. The van der Waals surface area contributed by atoms with E-state index in [2.05, 4.69) is 13.8 Å². The van der Waals surface area contributed by atoms with E-state index in [0.717, 1.165) is 65.0 Å². The molecule has 0 aliphatic heterocycles. The van der Waals surface area contributed by atoms with Crippen molar-refractivity contribution in [3.05, 3.63) is 0 Å². The maximum absolute atomic E-state index is 6.28. The van der Waals surface area contributed by atoms with Crippen molar-refractivity contribution in [2.24, 2.45) is 0 Å². The zero-order chi connectivity index (χ0) is 19.3. The summed E-state index contributed by atoms with van der Waals surface area (Å²) in [6, 6.07) is 0. The second kappa shape index (κ2) is 21.8. The SMILES string of the molecule is CCCCC(Cl)CCCCCOCCOCCCCCC(Cl)CCCC. The van der Waals surface area contributed by atoms with Gasteiger partial charge in [-0.1, -0.05) is 65.2 Å². The lowest BCUT2D eigenvalue weighted by Gasteiger charge is -2.09. The lowest BCUT2D eigenvalue weighted by molar-refractivity contribution is 0.0448. The first-order valence-electron chi connectivity index (χ1n) is 11.1. The molecule has 2 nitrogen and oxygen atoms in total. The van der Waals surface area contributed by atoms with Crippen LogP contribution in [0, 0.1) is 0 Å². The van der Waals surface area contributed by atoms with Crippen molar-refractivity contribution < 1.29 is 9.47 Å². The third-order valence-electron chi connectivity index (χ3n) is 4.73. The molecule has 4 heteroatoms. The van der Waals surface area contributed by atoms with Crippen molar-refractivity contribution in [3.63, 3.8) is 0 Å². The quantitative estimate of drug-likeness (QED) is 0.142. The molecule has 0 N–H and O–H groups in total. The Kier molecular flexibility index (Phi) is 22.2. The molecule has 0 radical (unpaired) electrons. The highest BCUT2D eigenvalue weighted by atomic mass is 35.5. The molecule has 0 aliphatic rings. The smallest absolute Gasteiger partial charge is 0.0700 e. The molecule has 0 rings (SSSR count). The number of ether oxygens (including phenoxy) is 2. The zero-order valence-corrected chi connectivity index (χ0v) is 19.0. The van der Waals surface area contributed by atoms with E-state index >= 15 is 0 Å². The van der Waals surface area contributed by atoms with Crippen LogP contribution in [0.4, 0.5) is 0 Å². The van der Waals surface area contributed by atoms with Crippen molar-refractivity contribution in [1.29, 1.82) is 0 Å². The Bertz CT molecular complexity index is 239. The summed E-state index contributed by atoms with van der Waals surface area (Å²) >= 11 is 12.6. The van der Waals surface area contributed by atoms with E-state index in [1.165, 1.54) is 51.4 Å². The molecule has 0 aliphatic carbocycles. The van der Waals surface area contributed by atoms with Gasteiger partial charge in [0.2, 0.25) is 0 Å². The van der Waals surface area contributed by atoms with Gasteiger partial charge in [0, 0.05) is 24.0 Å². The van der Waals surface area contributed by atoms with Gasteiger partial charge in [-0.2, -0.15) is 0 Å². The number of halogens is 2. The van der Waals surface area contributed by atoms with E-state index in [1.54, 1.807) is 0 Å². The van der Waals surface area contributed by atoms with Crippen LogP contribution >= 0.6 is 23.2 Å². The Morgan fingerprint density at radius 1 is 0.500 bits per heavy atom. The second-order valence-electron chi connectivity index (χ2n) is 7.40. The summed E-state index contributed by atoms with van der Waals surface area (Å²) in [7, 11) is 0. The summed E-state index contributed by atoms with van der Waals surface area (Å²) in [5.74, 6) is 0. The molecule has 2 atom stereocenters. The van der Waals surface area contributed by atoms with Gasteiger partial charge in [-0.05, 0) is 38.5 Å². The molecular formula is C22H44Cl2O2. The van der Waals surface area contributed by atoms with Gasteiger partial charge in [0.15, 0.2) is 0 Å². The number of unbranched alkanes of at least 4 members (excludes halogenated alkanes) is 6. The van der Waals surface area contributed by atoms with Gasteiger partial charge in [0.25, 0.3) is 0 Å². The number of rotatable bonds is 21. The Hall–Kier alpha value is 0.500. The zero-order valence-electron chi connectivity index (χ0n) is 17.5. The third kappa shape index (κ3) is 20.8. The molecule has 0 saturated heterocycles. The van der Waals surface area contributed by atoms with Gasteiger partial charge in [-0.15, -0.1) is 23.2 Å². The van der Waals surface area contributed by atoms with Crippen LogP contribution < -0.4 is 0 Å². The van der Waals surface area contributed by atoms with E-state index in [0.29, 0.717) is 10.8 Å². The van der Waals surface area contributed by atoms with Crippen LogP contribution in [0.25, 0.3) is 0 Å². The predicted molar refractivity (Wildman–Crippen MR) is 117 cm³/mol. The fourth-order valence-corrected chi connectivity index (χ4v) is 3.57. The van der Waals surface area contributed by atoms with E-state index in [-0.39, 0.29) is 0 Å². The largest absolute Gasteiger partial charge is 0.379 e. The fourth-order valence-electron chi connectivity index (χ4n) is 2.96. The fraction of sp³-hybridized carbons (Fsp3) is 1.00. The summed E-state index contributed by atoms with van der Waals surface area (Å²) < 4.78 is 11.3. The van der Waals surface area contributed by atoms with Crippen LogP contribution in [0.5, 0.6) is 0 Å². The summed E-state index contributed by atoms with van der Waals surface area (Å²) in [6.45, 7) is 7.57. The van der Waals surface area contributed by atoms with Crippen molar-refractivity contribution >= 4 is 23.2 Å². The molecule has 0 aromatic rings. The molecule has 0 bridgehead atoms. The standard InChI is InChI=1S/C22H44Cl2O2/c1-3-5-13-21(23)15-9-7-11-17-25-19-20-26-18-12-8-10-16-22(24)14-6-4-2/h21-22H,3-20H2,1-2H3. The molecule has 0 aromatic heterocycles. The Balaban J connectivity index is 3.11. The summed E-state index contributed by atoms with van der Waals surface area (Å²) in [6.07, 6.45) is 16.8. The van der Waals surface area contributed by atoms with Crippen LogP contribution in [-0.4, -0.2) is 37.2 Å². The average Bonchev–Trinajstić information content (AvgIpc) is 2.64. The first kappa shape index (κ1) is 26.5. The maximum Gasteiger partial charge on any atom is 0.0700 e. The van der Waals surface area contributed by atoms with Crippen molar-refractivity contribution in [2.75, 3.05) is 26.4 Å². The highest BCUT2D eigenvalue weighted by molar-refractivity contribution is 6.20. The van der Waals surface area contributed by atoms with Crippen LogP contribution in [0.15, 0.2) is 0 Å². The summed E-state index contributed by atoms with van der Waals surface area (Å²) in [5.41, 5.74) is 0. The molecule has 0 saturated carbocycles. The summed E-state index contributed by atoms with van der Waals surface area (Å²) in [4.78, 5) is 0. The van der Waals surface area contributed by atoms with Gasteiger partial charge >= 0.3 is 0 Å². The Morgan fingerprint density at radius 3 is 1.27 bits per heavy atom. The van der Waals surface area contributed by atoms with Gasteiger partial charge < -0.3 is 9.47 Å². The Labute approximate surface area is 173 Å². The van der Waals surface area contributed by atoms with Crippen LogP contribution in [0.2, 0.25) is 0 Å². The number of alkyl halides is 2. The minimum atomic E-state index is 0.371. The molecule has 2 unspecified atom stereocenters. The van der Waals surface area contributed by atoms with Crippen molar-refractivity contribution in [3.8, 4) is 0 Å². The number of hydrogen-bond donors (Lipinski definition) is 0. The van der Waals surface area contributed by atoms with E-state index in [9.17, 15) is 0 Å². The monoisotopic (exact) mass is 410 g/mol. The van der Waals surface area contributed by atoms with E-state index in [4.69, 9.17) is 32.7 Å². The second-order valence-corrected chi connectivity index (χ2v) is 8.64. The van der Waals surface area contributed by atoms with E-state index < -0.39 is 0 Å².